The number of fused-ring (bicyclic) bond motifs is 1. The van der Waals surface area contributed by atoms with E-state index in [1.165, 1.54) is 62.3 Å². The molecule has 0 aliphatic heterocycles. The van der Waals surface area contributed by atoms with E-state index < -0.39 is 0 Å². The molecule has 3 aromatic carbocycles. The lowest BCUT2D eigenvalue weighted by molar-refractivity contribution is 0.268. The molecule has 30 heavy (non-hydrogen) atoms. The number of hydrogen-bond donors (Lipinski definition) is 1. The molecule has 0 spiro atoms. The zero-order valence-corrected chi connectivity index (χ0v) is 18.7. The zero-order chi connectivity index (χ0) is 21.2. The van der Waals surface area contributed by atoms with Crippen molar-refractivity contribution >= 4 is 10.8 Å². The number of hydrogen-bond acceptors (Lipinski definition) is 2. The second-order valence-electron chi connectivity index (χ2n) is 8.49. The highest BCUT2D eigenvalue weighted by atomic mass is 16.3. The number of nitrogens with zero attached hydrogens (tertiary/aromatic N) is 1. The Morgan fingerprint density at radius 3 is 2.10 bits per heavy atom. The monoisotopic (exact) mass is 403 g/mol. The van der Waals surface area contributed by atoms with Crippen LogP contribution in [0.15, 0.2) is 66.7 Å². The minimum absolute atomic E-state index is 0.0434. The van der Waals surface area contributed by atoms with Gasteiger partial charge in [0, 0.05) is 5.56 Å². The van der Waals surface area contributed by atoms with Gasteiger partial charge in [-0.3, -0.25) is 4.90 Å². The van der Waals surface area contributed by atoms with Crippen LogP contribution in [-0.4, -0.2) is 23.6 Å². The third kappa shape index (κ3) is 5.86. The summed E-state index contributed by atoms with van der Waals surface area (Å²) in [6.07, 6.45) is 10.6. The molecule has 3 rings (SSSR count). The smallest absolute Gasteiger partial charge is 0.121 e. The Balaban J connectivity index is 1.74. The molecular formula is C28H37NO. The maximum Gasteiger partial charge on any atom is 0.121 e. The van der Waals surface area contributed by atoms with Crippen molar-refractivity contribution in [2.24, 2.45) is 0 Å². The number of unbranched alkanes of at least 4 members (excludes halogenated alkanes) is 7. The average molecular weight is 404 g/mol. The summed E-state index contributed by atoms with van der Waals surface area (Å²) in [4.78, 5) is 2.41. The molecule has 0 unspecified atom stereocenters. The molecule has 0 fully saturated rings. The number of phenols is 1. The van der Waals surface area contributed by atoms with Crippen molar-refractivity contribution in [3.63, 3.8) is 0 Å². The van der Waals surface area contributed by atoms with Crippen molar-refractivity contribution in [3.05, 3.63) is 77.9 Å². The molecule has 1 atom stereocenters. The first-order valence-corrected chi connectivity index (χ1v) is 11.7. The standard InChI is InChI=1S/C28H37NO/c1-3-4-5-6-7-8-9-15-22-29(2)28(24-17-11-10-12-18-24)27-25-19-14-13-16-23(25)20-21-26(27)30/h10-14,16-21,28,30H,3-9,15,22H2,1-2H3/t28-/m0/s1. The Kier molecular flexibility index (Phi) is 8.77. The van der Waals surface area contributed by atoms with Gasteiger partial charge < -0.3 is 5.11 Å². The van der Waals surface area contributed by atoms with Crippen LogP contribution >= 0.6 is 0 Å². The first kappa shape index (κ1) is 22.4. The van der Waals surface area contributed by atoms with E-state index in [0.29, 0.717) is 5.75 Å². The largest absolute Gasteiger partial charge is 0.508 e. The summed E-state index contributed by atoms with van der Waals surface area (Å²) in [5.74, 6) is 0.380. The number of rotatable bonds is 12. The predicted octanol–water partition coefficient (Wildman–Crippen LogP) is 7.71. The van der Waals surface area contributed by atoms with Crippen LogP contribution in [0.3, 0.4) is 0 Å². The summed E-state index contributed by atoms with van der Waals surface area (Å²) in [6.45, 7) is 3.30. The van der Waals surface area contributed by atoms with E-state index in [1.807, 2.05) is 12.1 Å². The summed E-state index contributed by atoms with van der Waals surface area (Å²) in [6, 6.07) is 22.9. The van der Waals surface area contributed by atoms with Crippen LogP contribution in [-0.2, 0) is 0 Å². The number of phenolic OH excluding ortho intramolecular Hbond substituents is 1. The molecule has 0 saturated heterocycles. The lowest BCUT2D eigenvalue weighted by atomic mass is 9.91. The van der Waals surface area contributed by atoms with Crippen LogP contribution in [0.4, 0.5) is 0 Å². The molecular weight excluding hydrogens is 366 g/mol. The van der Waals surface area contributed by atoms with Gasteiger partial charge >= 0.3 is 0 Å². The second kappa shape index (κ2) is 11.8. The highest BCUT2D eigenvalue weighted by molar-refractivity contribution is 5.88. The number of benzene rings is 3. The molecule has 0 radical (unpaired) electrons. The van der Waals surface area contributed by atoms with Crippen molar-refractivity contribution < 1.29 is 5.11 Å². The van der Waals surface area contributed by atoms with E-state index in [2.05, 4.69) is 73.5 Å². The van der Waals surface area contributed by atoms with E-state index in [1.54, 1.807) is 0 Å². The van der Waals surface area contributed by atoms with Crippen LogP contribution in [0.1, 0.15) is 75.5 Å². The van der Waals surface area contributed by atoms with Gasteiger partial charge in [0.15, 0.2) is 0 Å². The lowest BCUT2D eigenvalue weighted by Crippen LogP contribution is -2.27. The molecule has 1 N–H and O–H groups in total. The second-order valence-corrected chi connectivity index (χ2v) is 8.49. The van der Waals surface area contributed by atoms with Gasteiger partial charge in [-0.15, -0.1) is 0 Å². The molecule has 0 aromatic heterocycles. The summed E-state index contributed by atoms with van der Waals surface area (Å²) < 4.78 is 0. The molecule has 0 amide bonds. The third-order valence-corrected chi connectivity index (χ3v) is 6.14. The highest BCUT2D eigenvalue weighted by Crippen LogP contribution is 2.38. The maximum absolute atomic E-state index is 10.9. The quantitative estimate of drug-likeness (QED) is 0.313. The van der Waals surface area contributed by atoms with E-state index in [4.69, 9.17) is 0 Å². The SMILES string of the molecule is CCCCCCCCCCN(C)[C@@H](c1ccccc1)c1c(O)ccc2ccccc12. The van der Waals surface area contributed by atoms with Gasteiger partial charge in [0.2, 0.25) is 0 Å². The molecule has 0 aliphatic carbocycles. The number of aromatic hydroxyl groups is 1. The summed E-state index contributed by atoms with van der Waals surface area (Å²) in [7, 11) is 2.19. The van der Waals surface area contributed by atoms with E-state index in [9.17, 15) is 5.11 Å². The van der Waals surface area contributed by atoms with Gasteiger partial charge in [0.25, 0.3) is 0 Å². The Morgan fingerprint density at radius 1 is 0.733 bits per heavy atom. The third-order valence-electron chi connectivity index (χ3n) is 6.14. The highest BCUT2D eigenvalue weighted by Gasteiger charge is 2.24. The zero-order valence-electron chi connectivity index (χ0n) is 18.7. The molecule has 0 saturated carbocycles. The molecule has 0 heterocycles. The summed E-state index contributed by atoms with van der Waals surface area (Å²) in [5, 5.41) is 13.2. The van der Waals surface area contributed by atoms with Crippen molar-refractivity contribution in [1.82, 2.24) is 4.90 Å². The van der Waals surface area contributed by atoms with Crippen molar-refractivity contribution in [1.29, 1.82) is 0 Å². The molecule has 160 valence electrons. The Bertz CT molecular complexity index is 890. The van der Waals surface area contributed by atoms with E-state index in [0.717, 1.165) is 17.5 Å². The van der Waals surface area contributed by atoms with Crippen LogP contribution < -0.4 is 0 Å². The van der Waals surface area contributed by atoms with Crippen molar-refractivity contribution in [2.45, 2.75) is 64.3 Å². The first-order valence-electron chi connectivity index (χ1n) is 11.7. The van der Waals surface area contributed by atoms with Crippen molar-refractivity contribution in [2.75, 3.05) is 13.6 Å². The van der Waals surface area contributed by atoms with Crippen molar-refractivity contribution in [3.8, 4) is 5.75 Å². The predicted molar refractivity (Wildman–Crippen MR) is 129 cm³/mol. The van der Waals surface area contributed by atoms with Gasteiger partial charge in [-0.05, 0) is 42.4 Å². The fraction of sp³-hybridized carbons (Fsp3) is 0.429. The molecule has 0 aliphatic rings. The topological polar surface area (TPSA) is 23.5 Å². The fourth-order valence-electron chi connectivity index (χ4n) is 4.47. The molecule has 0 bridgehead atoms. The minimum atomic E-state index is 0.0434. The van der Waals surface area contributed by atoms with Gasteiger partial charge in [0.1, 0.15) is 5.75 Å². The van der Waals surface area contributed by atoms with Gasteiger partial charge in [-0.1, -0.05) is 113 Å². The Morgan fingerprint density at radius 2 is 1.37 bits per heavy atom. The van der Waals surface area contributed by atoms with Crippen LogP contribution in [0.2, 0.25) is 0 Å². The van der Waals surface area contributed by atoms with E-state index in [-0.39, 0.29) is 6.04 Å². The fourth-order valence-corrected chi connectivity index (χ4v) is 4.47. The molecule has 2 nitrogen and oxygen atoms in total. The Hall–Kier alpha value is -2.32. The maximum atomic E-state index is 10.9. The summed E-state index contributed by atoms with van der Waals surface area (Å²) in [5.41, 5.74) is 2.24. The normalized spacial score (nSPS) is 12.5. The van der Waals surface area contributed by atoms with Gasteiger partial charge in [-0.2, -0.15) is 0 Å². The summed E-state index contributed by atoms with van der Waals surface area (Å²) >= 11 is 0. The molecule has 3 aromatic rings. The molecule has 2 heteroatoms. The van der Waals surface area contributed by atoms with Crippen LogP contribution in [0.25, 0.3) is 10.8 Å². The van der Waals surface area contributed by atoms with Crippen LogP contribution in [0, 0.1) is 0 Å². The Labute approximate surface area is 182 Å². The first-order chi connectivity index (χ1) is 14.7. The minimum Gasteiger partial charge on any atom is -0.508 e. The van der Waals surface area contributed by atoms with E-state index >= 15 is 0 Å². The average Bonchev–Trinajstić information content (AvgIpc) is 2.78. The van der Waals surface area contributed by atoms with Gasteiger partial charge in [0.05, 0.1) is 6.04 Å². The van der Waals surface area contributed by atoms with Crippen LogP contribution in [0.5, 0.6) is 5.75 Å². The van der Waals surface area contributed by atoms with Gasteiger partial charge in [-0.25, -0.2) is 0 Å². The lowest BCUT2D eigenvalue weighted by Gasteiger charge is -2.30.